The zero-order chi connectivity index (χ0) is 14.0. The molecular formula is C17H23NOSi. The van der Waals surface area contributed by atoms with E-state index in [4.69, 9.17) is 4.43 Å². The molecule has 3 heteroatoms. The first kappa shape index (κ1) is 12.7. The van der Waals surface area contributed by atoms with Gasteiger partial charge in [0, 0.05) is 18.5 Å². The number of hydrogen-bond donors (Lipinski definition) is 0. The molecule has 3 aliphatic heterocycles. The van der Waals surface area contributed by atoms with Gasteiger partial charge in [0.15, 0.2) is 0 Å². The quantitative estimate of drug-likeness (QED) is 0.620. The monoisotopic (exact) mass is 285 g/mol. The number of hydrogen-bond acceptors (Lipinski definition) is 2. The summed E-state index contributed by atoms with van der Waals surface area (Å²) in [4.78, 5) is 2.67. The summed E-state index contributed by atoms with van der Waals surface area (Å²) in [6.07, 6.45) is 5.00. The zero-order valence-corrected chi connectivity index (χ0v) is 13.6. The molecule has 2 bridgehead atoms. The molecule has 1 aromatic rings. The summed E-state index contributed by atoms with van der Waals surface area (Å²) >= 11 is 0. The van der Waals surface area contributed by atoms with Gasteiger partial charge < -0.3 is 4.43 Å². The fourth-order valence-electron chi connectivity index (χ4n) is 4.18. The second-order valence-corrected chi connectivity index (χ2v) is 11.8. The summed E-state index contributed by atoms with van der Waals surface area (Å²) in [6, 6.07) is 11.7. The van der Waals surface area contributed by atoms with Gasteiger partial charge in [0.2, 0.25) is 8.32 Å². The maximum Gasteiger partial charge on any atom is 0.241 e. The molecule has 0 spiro atoms. The number of benzene rings is 1. The van der Waals surface area contributed by atoms with Crippen molar-refractivity contribution in [3.05, 3.63) is 47.7 Å². The lowest BCUT2D eigenvalue weighted by atomic mass is 9.74. The van der Waals surface area contributed by atoms with E-state index in [0.29, 0.717) is 12.0 Å². The Morgan fingerprint density at radius 1 is 1.15 bits per heavy atom. The van der Waals surface area contributed by atoms with Crippen LogP contribution in [0.15, 0.2) is 42.2 Å². The number of nitrogens with zero attached hydrogens (tertiary/aromatic N) is 1. The fraction of sp³-hybridized carbons (Fsp3) is 0.529. The molecule has 4 atom stereocenters. The van der Waals surface area contributed by atoms with E-state index >= 15 is 0 Å². The number of rotatable bonds is 3. The van der Waals surface area contributed by atoms with Crippen LogP contribution in [0.4, 0.5) is 0 Å². The first-order valence-electron chi connectivity index (χ1n) is 7.74. The largest absolute Gasteiger partial charge is 0.547 e. The highest BCUT2D eigenvalue weighted by molar-refractivity contribution is 6.70. The van der Waals surface area contributed by atoms with Crippen molar-refractivity contribution in [2.24, 2.45) is 5.92 Å². The minimum atomic E-state index is -1.51. The lowest BCUT2D eigenvalue weighted by Crippen LogP contribution is -2.44. The Balaban J connectivity index is 1.72. The van der Waals surface area contributed by atoms with Gasteiger partial charge in [-0.15, -0.1) is 0 Å². The molecule has 0 radical (unpaired) electrons. The molecule has 1 aromatic carbocycles. The van der Waals surface area contributed by atoms with E-state index in [2.05, 4.69) is 60.9 Å². The Morgan fingerprint density at radius 3 is 2.60 bits per heavy atom. The standard InChI is InChI=1S/C17H23NOSi/c1-20(2,3)19-16-11-14-9-10-15(16)17(12-18(14)17)13-7-5-4-6-8-13/h4-8,11,14-15H,9-10,12H2,1-3H3/t14-,15?,17?,18?/m1/s1. The molecule has 2 fully saturated rings. The van der Waals surface area contributed by atoms with Gasteiger partial charge in [-0.3, -0.25) is 4.90 Å². The van der Waals surface area contributed by atoms with Gasteiger partial charge in [0.1, 0.15) is 0 Å². The average Bonchev–Trinajstić information content (AvgIpc) is 3.17. The van der Waals surface area contributed by atoms with Crippen LogP contribution in [-0.2, 0) is 9.96 Å². The molecule has 106 valence electrons. The van der Waals surface area contributed by atoms with Crippen molar-refractivity contribution in [2.75, 3.05) is 6.54 Å². The molecule has 1 aliphatic carbocycles. The van der Waals surface area contributed by atoms with Crippen LogP contribution in [0.25, 0.3) is 0 Å². The van der Waals surface area contributed by atoms with E-state index in [0.717, 1.165) is 0 Å². The minimum absolute atomic E-state index is 0.258. The summed E-state index contributed by atoms with van der Waals surface area (Å²) in [5.74, 6) is 1.87. The average molecular weight is 285 g/mol. The Labute approximate surface area is 122 Å². The molecule has 20 heavy (non-hydrogen) atoms. The van der Waals surface area contributed by atoms with Crippen molar-refractivity contribution < 1.29 is 4.43 Å². The fourth-order valence-corrected chi connectivity index (χ4v) is 5.10. The summed E-state index contributed by atoms with van der Waals surface area (Å²) in [7, 11) is -1.51. The second kappa shape index (κ2) is 3.98. The summed E-state index contributed by atoms with van der Waals surface area (Å²) in [5.41, 5.74) is 1.74. The van der Waals surface area contributed by atoms with Gasteiger partial charge in [-0.2, -0.15) is 0 Å². The van der Waals surface area contributed by atoms with Gasteiger partial charge in [0.25, 0.3) is 0 Å². The first-order chi connectivity index (χ1) is 9.51. The zero-order valence-electron chi connectivity index (χ0n) is 12.6. The van der Waals surface area contributed by atoms with Gasteiger partial charge in [-0.1, -0.05) is 30.3 Å². The van der Waals surface area contributed by atoms with Gasteiger partial charge in [-0.25, -0.2) is 0 Å². The van der Waals surface area contributed by atoms with Crippen LogP contribution in [0.2, 0.25) is 19.6 Å². The van der Waals surface area contributed by atoms with E-state index in [1.165, 1.54) is 30.7 Å². The highest BCUT2D eigenvalue weighted by Gasteiger charge is 2.66. The molecule has 4 aliphatic rings. The lowest BCUT2D eigenvalue weighted by Gasteiger charge is -2.43. The van der Waals surface area contributed by atoms with Crippen LogP contribution in [0, 0.1) is 5.92 Å². The predicted molar refractivity (Wildman–Crippen MR) is 83.9 cm³/mol. The second-order valence-electron chi connectivity index (χ2n) is 7.40. The van der Waals surface area contributed by atoms with Crippen LogP contribution in [0.5, 0.6) is 0 Å². The Bertz CT molecular complexity index is 562. The van der Waals surface area contributed by atoms with Gasteiger partial charge >= 0.3 is 0 Å². The van der Waals surface area contributed by atoms with Crippen molar-refractivity contribution in [3.63, 3.8) is 0 Å². The van der Waals surface area contributed by atoms with Crippen LogP contribution < -0.4 is 0 Å². The van der Waals surface area contributed by atoms with Crippen molar-refractivity contribution in [1.29, 1.82) is 0 Å². The van der Waals surface area contributed by atoms with Crippen LogP contribution in [-0.4, -0.2) is 25.8 Å². The topological polar surface area (TPSA) is 12.2 Å². The molecule has 0 aromatic heterocycles. The number of fused-ring (bicyclic) bond motifs is 1. The number of piperidine rings is 1. The minimum Gasteiger partial charge on any atom is -0.547 e. The third kappa shape index (κ3) is 1.73. The Kier molecular flexibility index (Phi) is 2.52. The maximum absolute atomic E-state index is 6.43. The predicted octanol–water partition coefficient (Wildman–Crippen LogP) is 3.73. The Morgan fingerprint density at radius 2 is 1.90 bits per heavy atom. The molecule has 3 unspecified atom stereocenters. The molecule has 0 saturated carbocycles. The molecular weight excluding hydrogens is 262 g/mol. The molecule has 2 saturated heterocycles. The van der Waals surface area contributed by atoms with E-state index < -0.39 is 8.32 Å². The highest BCUT2D eigenvalue weighted by atomic mass is 28.4. The molecule has 0 N–H and O–H groups in total. The Hall–Kier alpha value is -1.06. The highest BCUT2D eigenvalue weighted by Crippen LogP contribution is 2.61. The third-order valence-corrected chi connectivity index (χ3v) is 5.79. The third-order valence-electron chi connectivity index (χ3n) is 4.95. The lowest BCUT2D eigenvalue weighted by molar-refractivity contribution is 0.143. The van der Waals surface area contributed by atoms with E-state index in [1.807, 2.05) is 0 Å². The summed E-state index contributed by atoms with van der Waals surface area (Å²) in [6.45, 7) is 8.07. The van der Waals surface area contributed by atoms with Crippen molar-refractivity contribution in [3.8, 4) is 0 Å². The van der Waals surface area contributed by atoms with Crippen LogP contribution in [0.3, 0.4) is 0 Å². The van der Waals surface area contributed by atoms with E-state index in [-0.39, 0.29) is 5.54 Å². The molecule has 2 nitrogen and oxygen atoms in total. The van der Waals surface area contributed by atoms with Crippen molar-refractivity contribution in [2.45, 2.75) is 44.1 Å². The van der Waals surface area contributed by atoms with Crippen molar-refractivity contribution in [1.82, 2.24) is 4.90 Å². The van der Waals surface area contributed by atoms with E-state index in [1.54, 1.807) is 0 Å². The van der Waals surface area contributed by atoms with Gasteiger partial charge in [-0.05, 0) is 44.1 Å². The van der Waals surface area contributed by atoms with Crippen molar-refractivity contribution >= 4 is 8.32 Å². The van der Waals surface area contributed by atoms with Crippen LogP contribution >= 0.6 is 0 Å². The van der Waals surface area contributed by atoms with Crippen LogP contribution in [0.1, 0.15) is 18.4 Å². The maximum atomic E-state index is 6.43. The molecule has 5 rings (SSSR count). The SMILES string of the molecule is C[Si](C)(C)OC1=C[C@H]2CCC1C1(c3ccccc3)CN21. The summed E-state index contributed by atoms with van der Waals surface area (Å²) < 4.78 is 6.43. The molecule has 3 heterocycles. The van der Waals surface area contributed by atoms with Gasteiger partial charge in [0.05, 0.1) is 11.3 Å². The smallest absolute Gasteiger partial charge is 0.241 e. The summed E-state index contributed by atoms with van der Waals surface area (Å²) in [5, 5.41) is 0. The van der Waals surface area contributed by atoms with E-state index in [9.17, 15) is 0 Å². The normalized spacial score (nSPS) is 38.1. The molecule has 0 amide bonds. The first-order valence-corrected chi connectivity index (χ1v) is 11.1.